The molecule has 2 rings (SSSR count). The van der Waals surface area contributed by atoms with Crippen molar-refractivity contribution >= 4 is 33.6 Å². The van der Waals surface area contributed by atoms with Gasteiger partial charge in [-0.2, -0.15) is 8.78 Å². The largest absolute Gasteiger partial charge is 0.355 e. The fourth-order valence-corrected chi connectivity index (χ4v) is 3.53. The van der Waals surface area contributed by atoms with Crippen LogP contribution in [0.15, 0.2) is 33.9 Å². The van der Waals surface area contributed by atoms with Gasteiger partial charge in [0.2, 0.25) is 5.91 Å². The van der Waals surface area contributed by atoms with Gasteiger partial charge in [0.05, 0.1) is 5.75 Å². The number of nitrogens with one attached hydrogen (secondary N) is 1. The first kappa shape index (κ1) is 18.9. The van der Waals surface area contributed by atoms with Gasteiger partial charge >= 0.3 is 6.55 Å². The van der Waals surface area contributed by atoms with Gasteiger partial charge in [0.1, 0.15) is 5.82 Å². The summed E-state index contributed by atoms with van der Waals surface area (Å²) in [4.78, 5) is 16.8. The van der Waals surface area contributed by atoms with Gasteiger partial charge < -0.3 is 5.32 Å². The third kappa shape index (κ3) is 5.04. The van der Waals surface area contributed by atoms with Crippen molar-refractivity contribution < 1.29 is 13.6 Å². The number of aryl methyl sites for hydroxylation is 2. The summed E-state index contributed by atoms with van der Waals surface area (Å²) in [7, 11) is 0. The van der Waals surface area contributed by atoms with Crippen LogP contribution in [-0.2, 0) is 11.2 Å². The Kier molecular flexibility index (Phi) is 6.79. The summed E-state index contributed by atoms with van der Waals surface area (Å²) in [6.45, 7) is 1.66. The first-order valence-corrected chi connectivity index (χ1v) is 9.12. The van der Waals surface area contributed by atoms with Crippen LogP contribution >= 0.6 is 27.7 Å². The second kappa shape index (κ2) is 8.62. The van der Waals surface area contributed by atoms with E-state index < -0.39 is 6.55 Å². The molecule has 1 aromatic heterocycles. The van der Waals surface area contributed by atoms with Crippen molar-refractivity contribution in [2.75, 3.05) is 12.3 Å². The highest BCUT2D eigenvalue weighted by atomic mass is 79.9. The fraction of sp³-hybridized carbons (Fsp3) is 0.375. The summed E-state index contributed by atoms with van der Waals surface area (Å²) in [6, 6.07) is 4.07. The highest BCUT2D eigenvalue weighted by molar-refractivity contribution is 9.10. The van der Waals surface area contributed by atoms with Crippen LogP contribution in [0.3, 0.4) is 0 Å². The highest BCUT2D eigenvalue weighted by Crippen LogP contribution is 2.28. The molecule has 0 aliphatic carbocycles. The van der Waals surface area contributed by atoms with Crippen molar-refractivity contribution in [3.8, 4) is 0 Å². The third-order valence-corrected chi connectivity index (χ3v) is 5.46. The molecular formula is C16H18BrF2N3OS. The molecule has 0 atom stereocenters. The molecule has 130 valence electrons. The number of hydrogen-bond donors (Lipinski definition) is 1. The van der Waals surface area contributed by atoms with Crippen LogP contribution < -0.4 is 5.32 Å². The summed E-state index contributed by atoms with van der Waals surface area (Å²) in [5.41, 5.74) is 2.21. The van der Waals surface area contributed by atoms with Gasteiger partial charge in [0.25, 0.3) is 0 Å². The minimum atomic E-state index is -2.61. The van der Waals surface area contributed by atoms with E-state index in [1.54, 1.807) is 0 Å². The van der Waals surface area contributed by atoms with E-state index in [-0.39, 0.29) is 30.5 Å². The van der Waals surface area contributed by atoms with Gasteiger partial charge in [-0.3, -0.25) is 9.36 Å². The van der Waals surface area contributed by atoms with E-state index in [4.69, 9.17) is 0 Å². The number of halogens is 3. The molecule has 1 amide bonds. The number of rotatable bonds is 7. The molecule has 0 unspecified atom stereocenters. The second-order valence-corrected chi connectivity index (χ2v) is 7.16. The zero-order valence-electron chi connectivity index (χ0n) is 13.4. The highest BCUT2D eigenvalue weighted by Gasteiger charge is 2.12. The van der Waals surface area contributed by atoms with E-state index >= 15 is 0 Å². The predicted octanol–water partition coefficient (Wildman–Crippen LogP) is 4.11. The molecule has 0 saturated carbocycles. The zero-order valence-corrected chi connectivity index (χ0v) is 15.8. The number of carbonyl (C=O) groups is 1. The maximum absolute atomic E-state index is 12.7. The van der Waals surface area contributed by atoms with Crippen LogP contribution in [0.25, 0.3) is 0 Å². The summed E-state index contributed by atoms with van der Waals surface area (Å²) in [5.74, 6) is 0.415. The first-order valence-electron chi connectivity index (χ1n) is 7.34. The Morgan fingerprint density at radius 1 is 1.38 bits per heavy atom. The number of imidazole rings is 1. The smallest absolute Gasteiger partial charge is 0.319 e. The third-order valence-electron chi connectivity index (χ3n) is 3.44. The second-order valence-electron chi connectivity index (χ2n) is 5.28. The molecule has 0 saturated heterocycles. The number of carbonyl (C=O) groups excluding carboxylic acids is 1. The van der Waals surface area contributed by atoms with Crippen LogP contribution in [0.5, 0.6) is 0 Å². The van der Waals surface area contributed by atoms with E-state index in [1.165, 1.54) is 24.2 Å². The SMILES string of the molecule is Cc1cc(SCC(=O)NCCc2nccn2C(F)F)c(C)cc1Br. The van der Waals surface area contributed by atoms with Crippen LogP contribution in [0.1, 0.15) is 23.5 Å². The molecule has 24 heavy (non-hydrogen) atoms. The molecule has 0 radical (unpaired) electrons. The number of benzene rings is 1. The van der Waals surface area contributed by atoms with Crippen molar-refractivity contribution in [3.63, 3.8) is 0 Å². The molecule has 0 aliphatic rings. The monoisotopic (exact) mass is 417 g/mol. The number of hydrogen-bond acceptors (Lipinski definition) is 3. The molecule has 1 aromatic carbocycles. The summed E-state index contributed by atoms with van der Waals surface area (Å²) in [6.07, 6.45) is 2.83. The molecule has 4 nitrogen and oxygen atoms in total. The van der Waals surface area contributed by atoms with Gasteiger partial charge in [-0.15, -0.1) is 11.8 Å². The number of amides is 1. The maximum Gasteiger partial charge on any atom is 0.319 e. The van der Waals surface area contributed by atoms with Gasteiger partial charge in [-0.25, -0.2) is 4.98 Å². The van der Waals surface area contributed by atoms with E-state index in [2.05, 4.69) is 26.2 Å². The molecule has 0 fully saturated rings. The Morgan fingerprint density at radius 2 is 2.12 bits per heavy atom. The molecule has 0 bridgehead atoms. The number of thioether (sulfide) groups is 1. The molecule has 2 aromatic rings. The van der Waals surface area contributed by atoms with E-state index in [0.717, 1.165) is 25.1 Å². The van der Waals surface area contributed by atoms with Crippen molar-refractivity contribution in [2.24, 2.45) is 0 Å². The molecule has 0 aliphatic heterocycles. The molecule has 8 heteroatoms. The Bertz CT molecular complexity index is 721. The van der Waals surface area contributed by atoms with Crippen LogP contribution in [-0.4, -0.2) is 27.8 Å². The first-order chi connectivity index (χ1) is 11.4. The zero-order chi connectivity index (χ0) is 17.7. The molecule has 0 spiro atoms. The maximum atomic E-state index is 12.7. The quantitative estimate of drug-likeness (QED) is 0.689. The molecular weight excluding hydrogens is 400 g/mol. The number of nitrogens with zero attached hydrogens (tertiary/aromatic N) is 2. The van der Waals surface area contributed by atoms with Crippen LogP contribution in [0, 0.1) is 13.8 Å². The molecule has 1 N–H and O–H groups in total. The van der Waals surface area contributed by atoms with Gasteiger partial charge in [-0.1, -0.05) is 15.9 Å². The minimum Gasteiger partial charge on any atom is -0.355 e. The number of alkyl halides is 2. The van der Waals surface area contributed by atoms with Gasteiger partial charge in [-0.05, 0) is 37.1 Å². The normalized spacial score (nSPS) is 11.1. The predicted molar refractivity (Wildman–Crippen MR) is 94.5 cm³/mol. The van der Waals surface area contributed by atoms with Gasteiger partial charge in [0.15, 0.2) is 0 Å². The Labute approximate surface area is 152 Å². The van der Waals surface area contributed by atoms with E-state index in [0.29, 0.717) is 0 Å². The average Bonchev–Trinajstić information content (AvgIpc) is 2.98. The average molecular weight is 418 g/mol. The van der Waals surface area contributed by atoms with E-state index in [1.807, 2.05) is 26.0 Å². The topological polar surface area (TPSA) is 46.9 Å². The van der Waals surface area contributed by atoms with Crippen LogP contribution in [0.4, 0.5) is 8.78 Å². The fourth-order valence-electron chi connectivity index (χ4n) is 2.13. The van der Waals surface area contributed by atoms with Crippen molar-refractivity contribution in [3.05, 3.63) is 46.0 Å². The van der Waals surface area contributed by atoms with Gasteiger partial charge in [0, 0.05) is 34.7 Å². The number of aromatic nitrogens is 2. The standard InChI is InChI=1S/C16H18BrF2N3OS/c1-10-8-13(11(2)7-12(10)17)24-9-15(23)21-4-3-14-20-5-6-22(14)16(18)19/h5-8,16H,3-4,9H2,1-2H3,(H,21,23). The minimum absolute atomic E-state index is 0.130. The molecule has 1 heterocycles. The Balaban J connectivity index is 1.80. The lowest BCUT2D eigenvalue weighted by atomic mass is 10.2. The van der Waals surface area contributed by atoms with E-state index in [9.17, 15) is 13.6 Å². The summed E-state index contributed by atoms with van der Waals surface area (Å²) < 4.78 is 27.2. The summed E-state index contributed by atoms with van der Waals surface area (Å²) >= 11 is 4.94. The van der Waals surface area contributed by atoms with Crippen molar-refractivity contribution in [2.45, 2.75) is 31.7 Å². The van der Waals surface area contributed by atoms with Crippen LogP contribution in [0.2, 0.25) is 0 Å². The lowest BCUT2D eigenvalue weighted by molar-refractivity contribution is -0.118. The Morgan fingerprint density at radius 3 is 2.83 bits per heavy atom. The lowest BCUT2D eigenvalue weighted by Gasteiger charge is -2.10. The Hall–Kier alpha value is -1.41. The van der Waals surface area contributed by atoms with Crippen molar-refractivity contribution in [1.82, 2.24) is 14.9 Å². The lowest BCUT2D eigenvalue weighted by Crippen LogP contribution is -2.28. The van der Waals surface area contributed by atoms with Crippen molar-refractivity contribution in [1.29, 1.82) is 0 Å². The summed E-state index contributed by atoms with van der Waals surface area (Å²) in [5, 5.41) is 2.74.